The zero-order valence-corrected chi connectivity index (χ0v) is 17.7. The highest BCUT2D eigenvalue weighted by atomic mass is 19.4. The van der Waals surface area contributed by atoms with E-state index < -0.39 is 23.8 Å². The number of nitrogens with one attached hydrogen (secondary N) is 2. The lowest BCUT2D eigenvalue weighted by atomic mass is 10.0. The van der Waals surface area contributed by atoms with Crippen LogP contribution in [0.2, 0.25) is 0 Å². The maximum absolute atomic E-state index is 12.9. The van der Waals surface area contributed by atoms with Crippen molar-refractivity contribution < 1.29 is 27.9 Å². The Hall–Kier alpha value is -3.34. The zero-order chi connectivity index (χ0) is 23.6. The normalized spacial score (nSPS) is 21.3. The van der Waals surface area contributed by atoms with Gasteiger partial charge in [0.15, 0.2) is 0 Å². The molecule has 176 valence electrons. The van der Waals surface area contributed by atoms with Crippen LogP contribution in [0.25, 0.3) is 0 Å². The van der Waals surface area contributed by atoms with Crippen molar-refractivity contribution in [3.8, 4) is 0 Å². The first-order valence-electron chi connectivity index (χ1n) is 10.7. The molecular formula is C22H24F3N5O3. The van der Waals surface area contributed by atoms with Crippen molar-refractivity contribution >= 4 is 29.1 Å². The maximum atomic E-state index is 12.9. The first-order valence-corrected chi connectivity index (χ1v) is 10.7. The van der Waals surface area contributed by atoms with Gasteiger partial charge in [0.2, 0.25) is 5.91 Å². The van der Waals surface area contributed by atoms with Gasteiger partial charge < -0.3 is 25.5 Å². The molecule has 3 heterocycles. The first-order chi connectivity index (χ1) is 15.7. The molecule has 2 aromatic rings. The topological polar surface area (TPSA) is 97.8 Å². The fourth-order valence-electron chi connectivity index (χ4n) is 4.01. The summed E-state index contributed by atoms with van der Waals surface area (Å²) in [4.78, 5) is 33.2. The van der Waals surface area contributed by atoms with Crippen LogP contribution in [0.1, 0.15) is 24.8 Å². The third-order valence-corrected chi connectivity index (χ3v) is 5.75. The summed E-state index contributed by atoms with van der Waals surface area (Å²) in [5.41, 5.74) is -0.0160. The van der Waals surface area contributed by atoms with Crippen molar-refractivity contribution in [3.05, 3.63) is 48.2 Å². The van der Waals surface area contributed by atoms with E-state index in [1.165, 1.54) is 0 Å². The van der Waals surface area contributed by atoms with E-state index in [1.54, 1.807) is 23.2 Å². The summed E-state index contributed by atoms with van der Waals surface area (Å²) >= 11 is 0. The summed E-state index contributed by atoms with van der Waals surface area (Å²) in [6.07, 6.45) is -1.42. The lowest BCUT2D eigenvalue weighted by molar-refractivity contribution is -0.137. The maximum Gasteiger partial charge on any atom is 0.416 e. The van der Waals surface area contributed by atoms with Gasteiger partial charge in [0.25, 0.3) is 0 Å². The summed E-state index contributed by atoms with van der Waals surface area (Å²) in [7, 11) is 0. The first kappa shape index (κ1) is 22.8. The quantitative estimate of drug-likeness (QED) is 0.648. The monoisotopic (exact) mass is 463 g/mol. The summed E-state index contributed by atoms with van der Waals surface area (Å²) < 4.78 is 38.0. The van der Waals surface area contributed by atoms with E-state index in [-0.39, 0.29) is 17.7 Å². The van der Waals surface area contributed by atoms with E-state index in [2.05, 4.69) is 15.6 Å². The highest BCUT2D eigenvalue weighted by Gasteiger charge is 2.32. The number of rotatable bonds is 4. The van der Waals surface area contributed by atoms with Crippen molar-refractivity contribution in [1.29, 1.82) is 0 Å². The molecular weight excluding hydrogens is 439 g/mol. The van der Waals surface area contributed by atoms with Crippen LogP contribution < -0.4 is 20.4 Å². The number of aliphatic hydroxyl groups excluding tert-OH is 1. The van der Waals surface area contributed by atoms with Crippen molar-refractivity contribution in [2.45, 2.75) is 37.6 Å². The Bertz CT molecular complexity index is 998. The predicted molar refractivity (Wildman–Crippen MR) is 116 cm³/mol. The van der Waals surface area contributed by atoms with Crippen LogP contribution in [-0.2, 0) is 11.0 Å². The smallest absolute Gasteiger partial charge is 0.391 e. The van der Waals surface area contributed by atoms with Gasteiger partial charge in [-0.05, 0) is 55.7 Å². The third-order valence-electron chi connectivity index (χ3n) is 5.75. The lowest BCUT2D eigenvalue weighted by Gasteiger charge is -2.32. The number of piperidine rings is 1. The molecule has 2 aliphatic rings. The summed E-state index contributed by atoms with van der Waals surface area (Å²) in [6, 6.07) is 6.22. The molecule has 8 nitrogen and oxygen atoms in total. The average Bonchev–Trinajstić information content (AvgIpc) is 3.21. The number of β-amino-alcohol motifs (C(OH)–C–C–N with tert-alkyl or cyclic N) is 1. The number of carbonyl (C=O) groups excluding carboxylic acids is 2. The highest BCUT2D eigenvalue weighted by Crippen LogP contribution is 2.30. The van der Waals surface area contributed by atoms with Crippen LogP contribution >= 0.6 is 0 Å². The van der Waals surface area contributed by atoms with Crippen molar-refractivity contribution in [1.82, 2.24) is 10.3 Å². The summed E-state index contributed by atoms with van der Waals surface area (Å²) in [5, 5.41) is 14.7. The zero-order valence-electron chi connectivity index (χ0n) is 17.7. The number of carbonyl (C=O) groups is 2. The number of pyridine rings is 1. The number of aliphatic hydroxyl groups is 1. The molecule has 2 fully saturated rings. The van der Waals surface area contributed by atoms with Crippen LogP contribution in [0, 0.1) is 0 Å². The SMILES string of the molecule is O=C(Nc1ccc(C(F)(F)F)cc1)NC1CCCN(c2ccc(N3CCC(O)C3)nc2)C1=O. The molecule has 4 rings (SSSR count). The van der Waals surface area contributed by atoms with Gasteiger partial charge in [0, 0.05) is 25.3 Å². The molecule has 2 atom stereocenters. The molecule has 2 unspecified atom stereocenters. The molecule has 2 aliphatic heterocycles. The van der Waals surface area contributed by atoms with Gasteiger partial charge in [-0.1, -0.05) is 0 Å². The Kier molecular flexibility index (Phi) is 6.41. The standard InChI is InChI=1S/C22H24F3N5O3/c23-22(24,25)14-3-5-15(6-4-14)27-21(33)28-18-2-1-10-30(20(18)32)16-7-8-19(26-12-16)29-11-9-17(31)13-29/h3-8,12,17-18,31H,1-2,9-11,13H2,(H2,27,28,33). The number of urea groups is 1. The molecule has 11 heteroatoms. The number of hydrogen-bond acceptors (Lipinski definition) is 5. The number of halogens is 3. The molecule has 0 bridgehead atoms. The van der Waals surface area contributed by atoms with Gasteiger partial charge in [-0.3, -0.25) is 4.79 Å². The average molecular weight is 463 g/mol. The Morgan fingerprint density at radius 3 is 2.45 bits per heavy atom. The van der Waals surface area contributed by atoms with Gasteiger partial charge in [0.05, 0.1) is 23.6 Å². The molecule has 0 radical (unpaired) electrons. The molecule has 3 N–H and O–H groups in total. The van der Waals surface area contributed by atoms with Gasteiger partial charge in [-0.2, -0.15) is 13.2 Å². The highest BCUT2D eigenvalue weighted by molar-refractivity contribution is 6.01. The fraction of sp³-hybridized carbons (Fsp3) is 0.409. The largest absolute Gasteiger partial charge is 0.416 e. The van der Waals surface area contributed by atoms with Crippen LogP contribution in [0.3, 0.4) is 0 Å². The Morgan fingerprint density at radius 2 is 1.85 bits per heavy atom. The number of nitrogens with zero attached hydrogens (tertiary/aromatic N) is 3. The minimum absolute atomic E-state index is 0.187. The van der Waals surface area contributed by atoms with E-state index in [9.17, 15) is 27.9 Å². The molecule has 0 aliphatic carbocycles. The summed E-state index contributed by atoms with van der Waals surface area (Å²) in [6.45, 7) is 1.73. The van der Waals surface area contributed by atoms with Crippen LogP contribution in [-0.4, -0.2) is 53.8 Å². The molecule has 3 amide bonds. The fourth-order valence-corrected chi connectivity index (χ4v) is 4.01. The van der Waals surface area contributed by atoms with Gasteiger partial charge in [-0.15, -0.1) is 0 Å². The molecule has 0 spiro atoms. The van der Waals surface area contributed by atoms with Crippen molar-refractivity contribution in [2.75, 3.05) is 34.8 Å². The second-order valence-electron chi connectivity index (χ2n) is 8.12. The second-order valence-corrected chi connectivity index (χ2v) is 8.12. The minimum Gasteiger partial charge on any atom is -0.391 e. The number of hydrogen-bond donors (Lipinski definition) is 3. The Labute approximate surface area is 188 Å². The van der Waals surface area contributed by atoms with E-state index in [1.807, 2.05) is 4.90 Å². The van der Waals surface area contributed by atoms with Gasteiger partial charge in [-0.25, -0.2) is 9.78 Å². The summed E-state index contributed by atoms with van der Waals surface area (Å²) in [5.74, 6) is 0.445. The predicted octanol–water partition coefficient (Wildman–Crippen LogP) is 2.99. The molecule has 2 saturated heterocycles. The van der Waals surface area contributed by atoms with E-state index in [0.717, 1.165) is 36.6 Å². The van der Waals surface area contributed by atoms with Crippen LogP contribution in [0.5, 0.6) is 0 Å². The van der Waals surface area contributed by atoms with Crippen molar-refractivity contribution in [2.24, 2.45) is 0 Å². The van der Waals surface area contributed by atoms with Crippen LogP contribution in [0.4, 0.5) is 35.2 Å². The number of aromatic nitrogens is 1. The van der Waals surface area contributed by atoms with Gasteiger partial charge >= 0.3 is 12.2 Å². The Morgan fingerprint density at radius 1 is 1.09 bits per heavy atom. The van der Waals surface area contributed by atoms with Gasteiger partial charge in [0.1, 0.15) is 11.9 Å². The van der Waals surface area contributed by atoms with E-state index in [4.69, 9.17) is 0 Å². The number of amides is 3. The van der Waals surface area contributed by atoms with Crippen molar-refractivity contribution in [3.63, 3.8) is 0 Å². The lowest BCUT2D eigenvalue weighted by Crippen LogP contribution is -2.53. The second kappa shape index (κ2) is 9.26. The molecule has 1 aromatic carbocycles. The molecule has 0 saturated carbocycles. The molecule has 1 aromatic heterocycles. The Balaban J connectivity index is 1.35. The third kappa shape index (κ3) is 5.36. The number of benzene rings is 1. The molecule has 33 heavy (non-hydrogen) atoms. The number of anilines is 3. The van der Waals surface area contributed by atoms with E-state index in [0.29, 0.717) is 38.0 Å². The number of alkyl halides is 3. The van der Waals surface area contributed by atoms with Crippen LogP contribution in [0.15, 0.2) is 42.6 Å². The minimum atomic E-state index is -4.46. The van der Waals surface area contributed by atoms with E-state index >= 15 is 0 Å².